The Morgan fingerprint density at radius 2 is 1.62 bits per heavy atom. The van der Waals surface area contributed by atoms with Crippen molar-refractivity contribution in [3.05, 3.63) is 83.4 Å². The molecule has 0 radical (unpaired) electrons. The Kier molecular flexibility index (Phi) is 6.53. The number of ether oxygens (including phenoxy) is 1. The number of nitrogens with zero attached hydrogens (tertiary/aromatic N) is 1. The average Bonchev–Trinajstić information content (AvgIpc) is 3.21. The molecule has 0 unspecified atom stereocenters. The molecule has 196 valence electrons. The molecule has 5 atom stereocenters. The number of esters is 1. The van der Waals surface area contributed by atoms with Gasteiger partial charge in [-0.1, -0.05) is 92.6 Å². The van der Waals surface area contributed by atoms with Gasteiger partial charge in [-0.25, -0.2) is 0 Å². The third-order valence-electron chi connectivity index (χ3n) is 10.1. The first-order chi connectivity index (χ1) is 17.9. The van der Waals surface area contributed by atoms with Gasteiger partial charge in [-0.3, -0.25) is 4.79 Å². The lowest BCUT2D eigenvalue weighted by atomic mass is 9.59. The van der Waals surface area contributed by atoms with Crippen molar-refractivity contribution in [2.24, 2.45) is 29.1 Å². The standard InChI is InChI=1S/C33H41NO3/c1-23-10-9-17-32(2)21-30-27(20-29(23)32)28(31(35)37-30)22-34-18-15-26(16-19-34)33(36,24-11-5-3-6-12-24)25-13-7-4-8-14-25/h3-8,11-14,20,23,26-28,30,36H,9-10,15-19,21-22H2,1-2H3/t23-,27+,28+,30+,32+/m0/s1. The van der Waals surface area contributed by atoms with Gasteiger partial charge in [0.25, 0.3) is 0 Å². The largest absolute Gasteiger partial charge is 0.461 e. The fourth-order valence-electron chi connectivity index (χ4n) is 8.09. The van der Waals surface area contributed by atoms with Crippen LogP contribution in [-0.2, 0) is 15.1 Å². The molecule has 1 saturated carbocycles. The predicted molar refractivity (Wildman–Crippen MR) is 146 cm³/mol. The summed E-state index contributed by atoms with van der Waals surface area (Å²) in [7, 11) is 0. The van der Waals surface area contributed by atoms with Crippen molar-refractivity contribution >= 4 is 5.97 Å². The number of carbonyl (C=O) groups excluding carboxylic acids is 1. The highest BCUT2D eigenvalue weighted by Crippen LogP contribution is 2.54. The molecule has 3 fully saturated rings. The molecular formula is C33H41NO3. The number of allylic oxidation sites excluding steroid dienone is 1. The van der Waals surface area contributed by atoms with Crippen molar-refractivity contribution < 1.29 is 14.6 Å². The Morgan fingerprint density at radius 3 is 2.24 bits per heavy atom. The van der Waals surface area contributed by atoms with E-state index in [0.717, 1.165) is 50.0 Å². The summed E-state index contributed by atoms with van der Waals surface area (Å²) in [6, 6.07) is 20.2. The van der Waals surface area contributed by atoms with Crippen LogP contribution in [0.1, 0.15) is 63.5 Å². The number of piperidine rings is 1. The summed E-state index contributed by atoms with van der Waals surface area (Å²) in [5.74, 6) is 0.862. The molecule has 0 bridgehead atoms. The van der Waals surface area contributed by atoms with E-state index in [4.69, 9.17) is 4.74 Å². The maximum atomic E-state index is 13.1. The van der Waals surface area contributed by atoms with Crippen molar-refractivity contribution in [3.8, 4) is 0 Å². The molecule has 37 heavy (non-hydrogen) atoms. The number of carbonyl (C=O) groups is 1. The highest BCUT2D eigenvalue weighted by molar-refractivity contribution is 5.76. The molecule has 2 aliphatic carbocycles. The third-order valence-corrected chi connectivity index (χ3v) is 10.1. The fourth-order valence-corrected chi connectivity index (χ4v) is 8.09. The van der Waals surface area contributed by atoms with Crippen LogP contribution in [0.25, 0.3) is 0 Å². The number of fused-ring (bicyclic) bond motifs is 2. The topological polar surface area (TPSA) is 49.8 Å². The Labute approximate surface area is 221 Å². The molecule has 2 heterocycles. The van der Waals surface area contributed by atoms with Gasteiger partial charge in [0.05, 0.1) is 5.92 Å². The molecule has 0 spiro atoms. The predicted octanol–water partition coefficient (Wildman–Crippen LogP) is 5.95. The van der Waals surface area contributed by atoms with Gasteiger partial charge in [-0.15, -0.1) is 0 Å². The fraction of sp³-hybridized carbons (Fsp3) is 0.545. The molecule has 2 saturated heterocycles. The van der Waals surface area contributed by atoms with Gasteiger partial charge in [0, 0.05) is 12.5 Å². The normalized spacial score (nSPS) is 32.8. The van der Waals surface area contributed by atoms with Crippen LogP contribution in [0.15, 0.2) is 72.3 Å². The maximum absolute atomic E-state index is 13.1. The van der Waals surface area contributed by atoms with Crippen molar-refractivity contribution in [1.29, 1.82) is 0 Å². The molecule has 1 N–H and O–H groups in total. The lowest BCUT2D eigenvalue weighted by Gasteiger charge is -2.46. The monoisotopic (exact) mass is 499 g/mol. The number of likely N-dealkylation sites (tertiary alicyclic amines) is 1. The van der Waals surface area contributed by atoms with E-state index in [2.05, 4.69) is 24.8 Å². The second-order valence-electron chi connectivity index (χ2n) is 12.4. The van der Waals surface area contributed by atoms with Gasteiger partial charge in [0.15, 0.2) is 0 Å². The zero-order valence-electron chi connectivity index (χ0n) is 22.3. The van der Waals surface area contributed by atoms with Crippen LogP contribution in [0.4, 0.5) is 0 Å². The van der Waals surface area contributed by atoms with Gasteiger partial charge < -0.3 is 14.7 Å². The van der Waals surface area contributed by atoms with E-state index in [-0.39, 0.29) is 35.2 Å². The van der Waals surface area contributed by atoms with Gasteiger partial charge in [0.1, 0.15) is 11.7 Å². The van der Waals surface area contributed by atoms with Gasteiger partial charge >= 0.3 is 5.97 Å². The Hall–Kier alpha value is -2.43. The average molecular weight is 500 g/mol. The molecule has 2 aromatic rings. The highest BCUT2D eigenvalue weighted by atomic mass is 16.6. The maximum Gasteiger partial charge on any atom is 0.311 e. The van der Waals surface area contributed by atoms with E-state index in [1.807, 2.05) is 60.7 Å². The molecule has 0 amide bonds. The van der Waals surface area contributed by atoms with Crippen LogP contribution in [0.5, 0.6) is 0 Å². The van der Waals surface area contributed by atoms with Crippen LogP contribution in [-0.4, -0.2) is 41.7 Å². The first-order valence-corrected chi connectivity index (χ1v) is 14.4. The minimum atomic E-state index is -1.01. The van der Waals surface area contributed by atoms with Gasteiger partial charge in [0.2, 0.25) is 0 Å². The van der Waals surface area contributed by atoms with Gasteiger partial charge in [-0.2, -0.15) is 0 Å². The SMILES string of the molecule is C[C@H]1CCC[C@]2(C)C[C@H]3OC(=O)[C@H](CN4CCC(C(O)(c5ccccc5)c5ccccc5)CC4)[C@H]3C=C12. The van der Waals surface area contributed by atoms with Crippen LogP contribution in [0, 0.1) is 29.1 Å². The van der Waals surface area contributed by atoms with Gasteiger partial charge in [-0.05, 0) is 73.6 Å². The van der Waals surface area contributed by atoms with Crippen molar-refractivity contribution in [3.63, 3.8) is 0 Å². The third kappa shape index (κ3) is 4.36. The Bertz CT molecular complexity index is 1100. The number of hydrogen-bond acceptors (Lipinski definition) is 4. The molecule has 4 heteroatoms. The Morgan fingerprint density at radius 1 is 1.00 bits per heavy atom. The van der Waals surface area contributed by atoms with Crippen LogP contribution in [0.3, 0.4) is 0 Å². The number of rotatable bonds is 5. The molecule has 2 aliphatic heterocycles. The van der Waals surface area contributed by atoms with Crippen molar-refractivity contribution in [2.75, 3.05) is 19.6 Å². The summed E-state index contributed by atoms with van der Waals surface area (Å²) in [6.45, 7) is 7.28. The summed E-state index contributed by atoms with van der Waals surface area (Å²) in [5, 5.41) is 12.2. The molecule has 0 aromatic heterocycles. The first-order valence-electron chi connectivity index (χ1n) is 14.4. The van der Waals surface area contributed by atoms with E-state index < -0.39 is 5.60 Å². The summed E-state index contributed by atoms with van der Waals surface area (Å²) < 4.78 is 6.01. The lowest BCUT2D eigenvalue weighted by Crippen LogP contribution is -2.46. The highest BCUT2D eigenvalue weighted by Gasteiger charge is 2.52. The molecule has 2 aromatic carbocycles. The number of aliphatic hydroxyl groups is 1. The van der Waals surface area contributed by atoms with E-state index in [9.17, 15) is 9.90 Å². The quantitative estimate of drug-likeness (QED) is 0.408. The summed E-state index contributed by atoms with van der Waals surface area (Å²) in [4.78, 5) is 15.5. The van der Waals surface area contributed by atoms with Crippen molar-refractivity contribution in [1.82, 2.24) is 4.90 Å². The molecule has 6 rings (SSSR count). The molecule has 4 nitrogen and oxygen atoms in total. The molecular weight excluding hydrogens is 458 g/mol. The summed E-state index contributed by atoms with van der Waals surface area (Å²) in [5.41, 5.74) is 2.69. The summed E-state index contributed by atoms with van der Waals surface area (Å²) in [6.07, 6.45) is 9.03. The van der Waals surface area contributed by atoms with Crippen molar-refractivity contribution in [2.45, 2.75) is 64.1 Å². The van der Waals surface area contributed by atoms with Crippen LogP contribution < -0.4 is 0 Å². The minimum Gasteiger partial charge on any atom is -0.461 e. The zero-order valence-corrected chi connectivity index (χ0v) is 22.3. The van der Waals surface area contributed by atoms with E-state index in [1.54, 1.807) is 5.57 Å². The number of hydrogen-bond donors (Lipinski definition) is 1. The molecule has 4 aliphatic rings. The van der Waals surface area contributed by atoms with Crippen LogP contribution in [0.2, 0.25) is 0 Å². The lowest BCUT2D eigenvalue weighted by molar-refractivity contribution is -0.145. The minimum absolute atomic E-state index is 0.00560. The first kappa shape index (κ1) is 24.9. The zero-order chi connectivity index (χ0) is 25.6. The summed E-state index contributed by atoms with van der Waals surface area (Å²) >= 11 is 0. The Balaban J connectivity index is 1.18. The second kappa shape index (κ2) is 9.71. The smallest absolute Gasteiger partial charge is 0.311 e. The van der Waals surface area contributed by atoms with E-state index >= 15 is 0 Å². The van der Waals surface area contributed by atoms with E-state index in [0.29, 0.717) is 5.92 Å². The second-order valence-corrected chi connectivity index (χ2v) is 12.4. The number of benzene rings is 2. The van der Waals surface area contributed by atoms with Crippen LogP contribution >= 0.6 is 0 Å². The van der Waals surface area contributed by atoms with E-state index in [1.165, 1.54) is 19.3 Å².